The first-order chi connectivity index (χ1) is 10.6. The monoisotopic (exact) mass is 320 g/mol. The van der Waals surface area contributed by atoms with Crippen LogP contribution in [0.4, 0.5) is 11.5 Å². The number of anilines is 2. The standard InChI is InChI=1S/C15H17ClN4O2/c1-3-6-17-15(21)12-8-14(19-9-18-12)20-10-4-5-13(22-2)11(16)7-10/h4-5,7-9H,3,6H2,1-2H3,(H,17,21)(H,18,19,20). The molecular formula is C15H17ClN4O2. The molecule has 22 heavy (non-hydrogen) atoms. The van der Waals surface area contributed by atoms with Crippen LogP contribution in [0.1, 0.15) is 23.8 Å². The van der Waals surface area contributed by atoms with Crippen molar-refractivity contribution in [3.63, 3.8) is 0 Å². The smallest absolute Gasteiger partial charge is 0.270 e. The van der Waals surface area contributed by atoms with Crippen LogP contribution in [-0.4, -0.2) is 29.5 Å². The van der Waals surface area contributed by atoms with Gasteiger partial charge in [-0.25, -0.2) is 9.97 Å². The van der Waals surface area contributed by atoms with Crippen LogP contribution in [0.2, 0.25) is 5.02 Å². The Bertz CT molecular complexity index is 664. The van der Waals surface area contributed by atoms with E-state index in [2.05, 4.69) is 20.6 Å². The van der Waals surface area contributed by atoms with Crippen molar-refractivity contribution in [3.8, 4) is 5.75 Å². The van der Waals surface area contributed by atoms with Crippen molar-refractivity contribution in [3.05, 3.63) is 41.3 Å². The first-order valence-electron chi connectivity index (χ1n) is 6.85. The van der Waals surface area contributed by atoms with Crippen LogP contribution in [0, 0.1) is 0 Å². The molecule has 0 aliphatic carbocycles. The van der Waals surface area contributed by atoms with Gasteiger partial charge in [-0.3, -0.25) is 4.79 Å². The number of benzene rings is 1. The van der Waals surface area contributed by atoms with Gasteiger partial charge in [0.05, 0.1) is 12.1 Å². The number of nitrogens with zero attached hydrogens (tertiary/aromatic N) is 2. The van der Waals surface area contributed by atoms with Gasteiger partial charge in [0.1, 0.15) is 23.6 Å². The molecular weight excluding hydrogens is 304 g/mol. The number of rotatable bonds is 6. The Morgan fingerprint density at radius 3 is 2.82 bits per heavy atom. The highest BCUT2D eigenvalue weighted by Gasteiger charge is 2.08. The average molecular weight is 321 g/mol. The van der Waals surface area contributed by atoms with Crippen molar-refractivity contribution in [2.24, 2.45) is 0 Å². The maximum atomic E-state index is 11.9. The van der Waals surface area contributed by atoms with Gasteiger partial charge in [-0.05, 0) is 24.6 Å². The minimum absolute atomic E-state index is 0.222. The summed E-state index contributed by atoms with van der Waals surface area (Å²) in [7, 11) is 1.56. The minimum Gasteiger partial charge on any atom is -0.495 e. The molecule has 0 spiro atoms. The second-order valence-corrected chi connectivity index (χ2v) is 4.93. The van der Waals surface area contributed by atoms with E-state index in [1.54, 1.807) is 25.3 Å². The van der Waals surface area contributed by atoms with Crippen LogP contribution in [0.3, 0.4) is 0 Å². The molecule has 2 N–H and O–H groups in total. The fourth-order valence-electron chi connectivity index (χ4n) is 1.77. The number of carbonyl (C=O) groups is 1. The van der Waals surface area contributed by atoms with E-state index in [1.165, 1.54) is 6.33 Å². The molecule has 2 rings (SSSR count). The second kappa shape index (κ2) is 7.61. The molecule has 0 saturated heterocycles. The van der Waals surface area contributed by atoms with Crippen LogP contribution >= 0.6 is 11.6 Å². The second-order valence-electron chi connectivity index (χ2n) is 4.52. The molecule has 1 amide bonds. The van der Waals surface area contributed by atoms with E-state index in [0.717, 1.165) is 12.1 Å². The van der Waals surface area contributed by atoms with Crippen molar-refractivity contribution >= 4 is 29.0 Å². The number of hydrogen-bond donors (Lipinski definition) is 2. The molecule has 2 aromatic rings. The van der Waals surface area contributed by atoms with Gasteiger partial charge in [0.25, 0.3) is 5.91 Å². The van der Waals surface area contributed by atoms with Gasteiger partial charge in [-0.2, -0.15) is 0 Å². The third-order valence-electron chi connectivity index (χ3n) is 2.86. The summed E-state index contributed by atoms with van der Waals surface area (Å²) >= 11 is 6.07. The summed E-state index contributed by atoms with van der Waals surface area (Å²) in [6.45, 7) is 2.60. The number of carbonyl (C=O) groups excluding carboxylic acids is 1. The largest absolute Gasteiger partial charge is 0.495 e. The molecule has 1 aromatic heterocycles. The molecule has 0 fully saturated rings. The van der Waals surface area contributed by atoms with Crippen molar-refractivity contribution in [1.82, 2.24) is 15.3 Å². The lowest BCUT2D eigenvalue weighted by atomic mass is 10.3. The summed E-state index contributed by atoms with van der Waals surface area (Å²) < 4.78 is 5.10. The lowest BCUT2D eigenvalue weighted by Crippen LogP contribution is -2.25. The fraction of sp³-hybridized carbons (Fsp3) is 0.267. The van der Waals surface area contributed by atoms with Gasteiger partial charge in [0.15, 0.2) is 0 Å². The lowest BCUT2D eigenvalue weighted by molar-refractivity contribution is 0.0948. The Labute approximate surface area is 133 Å². The zero-order valence-corrected chi connectivity index (χ0v) is 13.1. The average Bonchev–Trinajstić information content (AvgIpc) is 2.53. The van der Waals surface area contributed by atoms with Gasteiger partial charge in [-0.15, -0.1) is 0 Å². The van der Waals surface area contributed by atoms with E-state index in [9.17, 15) is 4.79 Å². The maximum Gasteiger partial charge on any atom is 0.270 e. The van der Waals surface area contributed by atoms with Gasteiger partial charge in [0.2, 0.25) is 0 Å². The molecule has 0 saturated carbocycles. The zero-order valence-electron chi connectivity index (χ0n) is 12.4. The van der Waals surface area contributed by atoms with Crippen LogP contribution in [-0.2, 0) is 0 Å². The molecule has 1 aromatic carbocycles. The fourth-order valence-corrected chi connectivity index (χ4v) is 2.03. The first-order valence-corrected chi connectivity index (χ1v) is 7.22. The predicted octanol–water partition coefficient (Wildman–Crippen LogP) is 3.02. The number of methoxy groups -OCH3 is 1. The number of ether oxygens (including phenoxy) is 1. The Morgan fingerprint density at radius 2 is 2.14 bits per heavy atom. The maximum absolute atomic E-state index is 11.9. The topological polar surface area (TPSA) is 76.1 Å². The Balaban J connectivity index is 2.13. The molecule has 7 heteroatoms. The van der Waals surface area contributed by atoms with Gasteiger partial charge < -0.3 is 15.4 Å². The van der Waals surface area contributed by atoms with Crippen molar-refractivity contribution in [1.29, 1.82) is 0 Å². The van der Waals surface area contributed by atoms with Crippen molar-refractivity contribution in [2.45, 2.75) is 13.3 Å². The van der Waals surface area contributed by atoms with Crippen molar-refractivity contribution < 1.29 is 9.53 Å². The summed E-state index contributed by atoms with van der Waals surface area (Å²) in [4.78, 5) is 19.9. The van der Waals surface area contributed by atoms with E-state index >= 15 is 0 Å². The van der Waals surface area contributed by atoms with E-state index in [1.807, 2.05) is 13.0 Å². The molecule has 0 aliphatic rings. The third-order valence-corrected chi connectivity index (χ3v) is 3.15. The number of aromatic nitrogens is 2. The van der Waals surface area contributed by atoms with Crippen molar-refractivity contribution in [2.75, 3.05) is 19.0 Å². The molecule has 0 bridgehead atoms. The molecule has 0 aliphatic heterocycles. The van der Waals surface area contributed by atoms with Crippen LogP contribution < -0.4 is 15.4 Å². The molecule has 6 nitrogen and oxygen atoms in total. The van der Waals surface area contributed by atoms with Crippen LogP contribution in [0.25, 0.3) is 0 Å². The SMILES string of the molecule is CCCNC(=O)c1cc(Nc2ccc(OC)c(Cl)c2)ncn1. The number of hydrogen-bond acceptors (Lipinski definition) is 5. The Kier molecular flexibility index (Phi) is 5.55. The Morgan fingerprint density at radius 1 is 1.32 bits per heavy atom. The normalized spacial score (nSPS) is 10.1. The quantitative estimate of drug-likeness (QED) is 0.855. The number of halogens is 1. The highest BCUT2D eigenvalue weighted by molar-refractivity contribution is 6.32. The summed E-state index contributed by atoms with van der Waals surface area (Å²) in [5, 5.41) is 6.33. The third kappa shape index (κ3) is 4.08. The number of amides is 1. The van der Waals surface area contributed by atoms with E-state index in [0.29, 0.717) is 28.8 Å². The van der Waals surface area contributed by atoms with Crippen LogP contribution in [0.15, 0.2) is 30.6 Å². The summed E-state index contributed by atoms with van der Waals surface area (Å²) in [6.07, 6.45) is 2.21. The van der Waals surface area contributed by atoms with E-state index in [-0.39, 0.29) is 5.91 Å². The van der Waals surface area contributed by atoms with E-state index < -0.39 is 0 Å². The predicted molar refractivity (Wildman–Crippen MR) is 85.9 cm³/mol. The van der Waals surface area contributed by atoms with Gasteiger partial charge in [-0.1, -0.05) is 18.5 Å². The zero-order chi connectivity index (χ0) is 15.9. The van der Waals surface area contributed by atoms with Gasteiger partial charge in [0, 0.05) is 18.3 Å². The summed E-state index contributed by atoms with van der Waals surface area (Å²) in [5.74, 6) is 0.882. The highest BCUT2D eigenvalue weighted by Crippen LogP contribution is 2.28. The molecule has 116 valence electrons. The van der Waals surface area contributed by atoms with E-state index in [4.69, 9.17) is 16.3 Å². The molecule has 0 unspecified atom stereocenters. The summed E-state index contributed by atoms with van der Waals surface area (Å²) in [6, 6.07) is 6.87. The van der Waals surface area contributed by atoms with Gasteiger partial charge >= 0.3 is 0 Å². The Hall–Kier alpha value is -2.34. The molecule has 0 radical (unpaired) electrons. The first kappa shape index (κ1) is 16.0. The minimum atomic E-state index is -0.222. The highest BCUT2D eigenvalue weighted by atomic mass is 35.5. The molecule has 0 atom stereocenters. The number of nitrogens with one attached hydrogen (secondary N) is 2. The molecule has 1 heterocycles. The van der Waals surface area contributed by atoms with Crippen LogP contribution in [0.5, 0.6) is 5.75 Å². The summed E-state index contributed by atoms with van der Waals surface area (Å²) in [5.41, 5.74) is 1.05. The lowest BCUT2D eigenvalue weighted by Gasteiger charge is -2.09.